The van der Waals surface area contributed by atoms with Gasteiger partial charge in [-0.15, -0.1) is 0 Å². The molecular weight excluding hydrogens is 256 g/mol. The minimum Gasteiger partial charge on any atom is -0.447 e. The normalized spacial score (nSPS) is 15.6. The zero-order chi connectivity index (χ0) is 13.8. The number of aliphatic hydroxyl groups is 1. The summed E-state index contributed by atoms with van der Waals surface area (Å²) in [6.45, 7) is 4.50. The lowest BCUT2D eigenvalue weighted by atomic mass is 10.0. The van der Waals surface area contributed by atoms with Gasteiger partial charge in [0, 0.05) is 6.54 Å². The largest absolute Gasteiger partial charge is 0.447 e. The van der Waals surface area contributed by atoms with Crippen LogP contribution < -0.4 is 10.5 Å². The molecule has 0 spiro atoms. The maximum Gasteiger partial charge on any atom is 0.271 e. The number of hydrogen-bond donors (Lipinski definition) is 3. The highest BCUT2D eigenvalue weighted by Crippen LogP contribution is 2.13. The first-order chi connectivity index (χ1) is 8.24. The van der Waals surface area contributed by atoms with E-state index < -0.39 is 15.6 Å². The van der Waals surface area contributed by atoms with Crippen molar-refractivity contribution < 1.29 is 17.9 Å². The van der Waals surface area contributed by atoms with Gasteiger partial charge in [-0.05, 0) is 25.5 Å². The molecule has 1 aromatic heterocycles. The first-order valence-corrected chi connectivity index (χ1v) is 7.34. The van der Waals surface area contributed by atoms with E-state index in [0.717, 1.165) is 6.42 Å². The molecule has 0 radical (unpaired) electrons. The van der Waals surface area contributed by atoms with Crippen LogP contribution in [0.1, 0.15) is 32.4 Å². The summed E-state index contributed by atoms with van der Waals surface area (Å²) in [5.41, 5.74) is -0.774. The molecule has 1 unspecified atom stereocenters. The second kappa shape index (κ2) is 5.83. The van der Waals surface area contributed by atoms with Crippen molar-refractivity contribution >= 4 is 10.0 Å². The molecule has 6 nitrogen and oxygen atoms in total. The first kappa shape index (κ1) is 15.2. The maximum atomic E-state index is 11.0. The van der Waals surface area contributed by atoms with E-state index in [9.17, 15) is 13.5 Å². The van der Waals surface area contributed by atoms with E-state index in [0.29, 0.717) is 25.3 Å². The molecule has 0 amide bonds. The Balaban J connectivity index is 2.48. The smallest absolute Gasteiger partial charge is 0.271 e. The van der Waals surface area contributed by atoms with Gasteiger partial charge in [-0.25, -0.2) is 13.6 Å². The molecule has 1 aromatic rings. The van der Waals surface area contributed by atoms with E-state index in [-0.39, 0.29) is 5.09 Å². The molecule has 104 valence electrons. The van der Waals surface area contributed by atoms with Crippen LogP contribution in [0.5, 0.6) is 0 Å². The number of hydrogen-bond acceptors (Lipinski definition) is 5. The molecule has 0 aliphatic carbocycles. The highest BCUT2D eigenvalue weighted by atomic mass is 32.2. The summed E-state index contributed by atoms with van der Waals surface area (Å²) in [4.78, 5) is 0. The predicted molar refractivity (Wildman–Crippen MR) is 67.3 cm³/mol. The number of nitrogens with two attached hydrogens (primary N) is 1. The first-order valence-electron chi connectivity index (χ1n) is 5.79. The van der Waals surface area contributed by atoms with Gasteiger partial charge in [-0.2, -0.15) is 0 Å². The van der Waals surface area contributed by atoms with E-state index in [1.54, 1.807) is 13.0 Å². The highest BCUT2D eigenvalue weighted by Gasteiger charge is 2.19. The van der Waals surface area contributed by atoms with Crippen LogP contribution in [0.2, 0.25) is 0 Å². The van der Waals surface area contributed by atoms with Gasteiger partial charge in [-0.1, -0.05) is 13.3 Å². The van der Waals surface area contributed by atoms with Crippen LogP contribution in [0.3, 0.4) is 0 Å². The van der Waals surface area contributed by atoms with Crippen molar-refractivity contribution in [3.8, 4) is 0 Å². The van der Waals surface area contributed by atoms with E-state index >= 15 is 0 Å². The summed E-state index contributed by atoms with van der Waals surface area (Å²) < 4.78 is 27.0. The number of nitrogens with one attached hydrogen (secondary N) is 1. The van der Waals surface area contributed by atoms with Gasteiger partial charge in [0.05, 0.1) is 12.1 Å². The fourth-order valence-corrected chi connectivity index (χ4v) is 2.17. The molecule has 1 atom stereocenters. The summed E-state index contributed by atoms with van der Waals surface area (Å²) in [5.74, 6) is 0.464. The number of sulfonamides is 1. The Morgan fingerprint density at radius 1 is 1.50 bits per heavy atom. The van der Waals surface area contributed by atoms with Crippen molar-refractivity contribution in [1.29, 1.82) is 0 Å². The Bertz CT molecular complexity index is 479. The summed E-state index contributed by atoms with van der Waals surface area (Å²) in [7, 11) is -3.79. The lowest BCUT2D eigenvalue weighted by Gasteiger charge is -2.22. The van der Waals surface area contributed by atoms with E-state index in [4.69, 9.17) is 9.56 Å². The van der Waals surface area contributed by atoms with Crippen molar-refractivity contribution in [3.63, 3.8) is 0 Å². The lowest BCUT2D eigenvalue weighted by molar-refractivity contribution is 0.0493. The third-order valence-electron chi connectivity index (χ3n) is 2.51. The maximum absolute atomic E-state index is 11.0. The quantitative estimate of drug-likeness (QED) is 0.675. The molecule has 0 saturated carbocycles. The Kier molecular flexibility index (Phi) is 4.92. The molecule has 7 heteroatoms. The van der Waals surface area contributed by atoms with Gasteiger partial charge < -0.3 is 14.8 Å². The second-order valence-electron chi connectivity index (χ2n) is 4.62. The molecule has 0 aliphatic rings. The topological polar surface area (TPSA) is 106 Å². The highest BCUT2D eigenvalue weighted by molar-refractivity contribution is 7.89. The van der Waals surface area contributed by atoms with E-state index in [1.165, 1.54) is 6.07 Å². The Hall–Kier alpha value is -0.890. The molecular formula is C11H20N2O4S. The van der Waals surface area contributed by atoms with E-state index in [2.05, 4.69) is 5.32 Å². The van der Waals surface area contributed by atoms with Crippen LogP contribution in [-0.4, -0.2) is 25.7 Å². The zero-order valence-electron chi connectivity index (χ0n) is 10.6. The molecule has 18 heavy (non-hydrogen) atoms. The van der Waals surface area contributed by atoms with Crippen molar-refractivity contribution in [1.82, 2.24) is 5.32 Å². The Morgan fingerprint density at radius 2 is 2.17 bits per heavy atom. The molecule has 0 fully saturated rings. The van der Waals surface area contributed by atoms with Crippen LogP contribution in [0.15, 0.2) is 21.6 Å². The molecule has 1 rings (SSSR count). The molecule has 0 aromatic carbocycles. The summed E-state index contributed by atoms with van der Waals surface area (Å²) in [6, 6.07) is 2.86. The Morgan fingerprint density at radius 3 is 2.67 bits per heavy atom. The predicted octanol–water partition coefficient (Wildman–Crippen LogP) is 0.568. The van der Waals surface area contributed by atoms with Gasteiger partial charge in [0.1, 0.15) is 5.76 Å². The minimum absolute atomic E-state index is 0.250. The van der Waals surface area contributed by atoms with Crippen molar-refractivity contribution in [2.45, 2.75) is 43.9 Å². The molecule has 1 heterocycles. The van der Waals surface area contributed by atoms with Gasteiger partial charge in [-0.3, -0.25) is 0 Å². The van der Waals surface area contributed by atoms with Gasteiger partial charge in [0.2, 0.25) is 5.09 Å². The van der Waals surface area contributed by atoms with Crippen LogP contribution in [-0.2, 0) is 16.6 Å². The molecule has 0 bridgehead atoms. The fraction of sp³-hybridized carbons (Fsp3) is 0.636. The molecule has 0 saturated heterocycles. The van der Waals surface area contributed by atoms with Gasteiger partial charge >= 0.3 is 0 Å². The number of rotatable bonds is 7. The van der Waals surface area contributed by atoms with Gasteiger partial charge in [0.15, 0.2) is 0 Å². The monoisotopic (exact) mass is 276 g/mol. The summed E-state index contributed by atoms with van der Waals surface area (Å²) in [6.07, 6.45) is 1.59. The third kappa shape index (κ3) is 4.77. The number of primary sulfonamides is 1. The van der Waals surface area contributed by atoms with Crippen molar-refractivity contribution in [3.05, 3.63) is 17.9 Å². The van der Waals surface area contributed by atoms with Crippen LogP contribution >= 0.6 is 0 Å². The SMILES string of the molecule is CCCC(C)(O)CNCc1ccc(S(N)(=O)=O)o1. The van der Waals surface area contributed by atoms with E-state index in [1.807, 2.05) is 6.92 Å². The van der Waals surface area contributed by atoms with Crippen LogP contribution in [0, 0.1) is 0 Å². The van der Waals surface area contributed by atoms with Gasteiger partial charge in [0.25, 0.3) is 10.0 Å². The van der Waals surface area contributed by atoms with Crippen LogP contribution in [0.25, 0.3) is 0 Å². The fourth-order valence-electron chi connectivity index (χ4n) is 1.69. The third-order valence-corrected chi connectivity index (χ3v) is 3.29. The molecule has 4 N–H and O–H groups in total. The van der Waals surface area contributed by atoms with Crippen molar-refractivity contribution in [2.24, 2.45) is 5.14 Å². The molecule has 0 aliphatic heterocycles. The zero-order valence-corrected chi connectivity index (χ0v) is 11.5. The Labute approximate surface area is 107 Å². The second-order valence-corrected chi connectivity index (χ2v) is 6.11. The standard InChI is InChI=1S/C11H20N2O4S/c1-3-6-11(2,14)8-13-7-9-4-5-10(17-9)18(12,15)16/h4-5,13-14H,3,6-8H2,1-2H3,(H2,12,15,16). The minimum atomic E-state index is -3.79. The average Bonchev–Trinajstić information content (AvgIpc) is 2.65. The summed E-state index contributed by atoms with van der Waals surface area (Å²) in [5, 5.41) is 17.6. The number of furan rings is 1. The summed E-state index contributed by atoms with van der Waals surface area (Å²) >= 11 is 0. The average molecular weight is 276 g/mol. The van der Waals surface area contributed by atoms with Crippen LogP contribution in [0.4, 0.5) is 0 Å². The lowest BCUT2D eigenvalue weighted by Crippen LogP contribution is -2.37. The van der Waals surface area contributed by atoms with Crippen molar-refractivity contribution in [2.75, 3.05) is 6.54 Å².